The average molecular weight is 165 g/mol. The van der Waals surface area contributed by atoms with Crippen LogP contribution in [0.15, 0.2) is 24.5 Å². The van der Waals surface area contributed by atoms with Crippen LogP contribution in [-0.4, -0.2) is 16.8 Å². The van der Waals surface area contributed by atoms with Crippen molar-refractivity contribution in [1.82, 2.24) is 15.1 Å². The van der Waals surface area contributed by atoms with Crippen molar-refractivity contribution < 1.29 is 0 Å². The third kappa shape index (κ3) is 2.51. The summed E-state index contributed by atoms with van der Waals surface area (Å²) in [5.74, 6) is 0. The highest BCUT2D eigenvalue weighted by Crippen LogP contribution is 1.99. The van der Waals surface area contributed by atoms with Gasteiger partial charge in [0.2, 0.25) is 0 Å². The molecule has 12 heavy (non-hydrogen) atoms. The van der Waals surface area contributed by atoms with Crippen molar-refractivity contribution in [2.75, 3.05) is 7.05 Å². The van der Waals surface area contributed by atoms with Crippen LogP contribution in [0.5, 0.6) is 0 Å². The number of rotatable bonds is 4. The van der Waals surface area contributed by atoms with Gasteiger partial charge >= 0.3 is 0 Å². The molecule has 0 spiro atoms. The fourth-order valence-electron chi connectivity index (χ4n) is 1.06. The van der Waals surface area contributed by atoms with Gasteiger partial charge in [-0.2, -0.15) is 5.10 Å². The lowest BCUT2D eigenvalue weighted by atomic mass is 10.3. The molecule has 0 aliphatic heterocycles. The van der Waals surface area contributed by atoms with E-state index in [4.69, 9.17) is 0 Å². The lowest BCUT2D eigenvalue weighted by molar-refractivity contribution is 0.677. The van der Waals surface area contributed by atoms with Gasteiger partial charge < -0.3 is 5.32 Å². The maximum Gasteiger partial charge on any atom is 0.0614 e. The Morgan fingerprint density at radius 3 is 3.08 bits per heavy atom. The molecule has 1 rings (SSSR count). The summed E-state index contributed by atoms with van der Waals surface area (Å²) < 4.78 is 1.90. The minimum absolute atomic E-state index is 0.809. The maximum absolute atomic E-state index is 4.19. The summed E-state index contributed by atoms with van der Waals surface area (Å²) >= 11 is 0. The molecule has 0 aliphatic rings. The summed E-state index contributed by atoms with van der Waals surface area (Å²) in [6, 6.07) is 0. The van der Waals surface area contributed by atoms with Crippen LogP contribution in [0.1, 0.15) is 12.5 Å². The highest BCUT2D eigenvalue weighted by Gasteiger charge is 1.96. The molecular weight excluding hydrogens is 150 g/mol. The highest BCUT2D eigenvalue weighted by molar-refractivity contribution is 5.04. The van der Waals surface area contributed by atoms with E-state index < -0.39 is 0 Å². The number of hydrogen-bond donors (Lipinski definition) is 1. The predicted molar refractivity (Wildman–Crippen MR) is 49.8 cm³/mol. The SMILES string of the molecule is C=C(C)Cn1cc(CNC)cn1. The first-order chi connectivity index (χ1) is 5.72. The van der Waals surface area contributed by atoms with Gasteiger partial charge in [-0.1, -0.05) is 12.2 Å². The third-order valence-electron chi connectivity index (χ3n) is 1.50. The molecule has 1 aromatic rings. The van der Waals surface area contributed by atoms with Crippen molar-refractivity contribution in [2.24, 2.45) is 0 Å². The van der Waals surface area contributed by atoms with Gasteiger partial charge in [0.25, 0.3) is 0 Å². The molecular formula is C9H15N3. The van der Waals surface area contributed by atoms with Crippen molar-refractivity contribution in [2.45, 2.75) is 20.0 Å². The van der Waals surface area contributed by atoms with Gasteiger partial charge in [-0.3, -0.25) is 4.68 Å². The Balaban J connectivity index is 2.58. The normalized spacial score (nSPS) is 10.2. The molecule has 0 saturated heterocycles. The largest absolute Gasteiger partial charge is 0.316 e. The summed E-state index contributed by atoms with van der Waals surface area (Å²) in [6.07, 6.45) is 3.91. The lowest BCUT2D eigenvalue weighted by Crippen LogP contribution is -2.04. The molecule has 0 atom stereocenters. The number of allylic oxidation sites excluding steroid dienone is 1. The molecule has 1 heterocycles. The van der Waals surface area contributed by atoms with Crippen LogP contribution in [-0.2, 0) is 13.1 Å². The fourth-order valence-corrected chi connectivity index (χ4v) is 1.06. The monoisotopic (exact) mass is 165 g/mol. The number of hydrogen-bond acceptors (Lipinski definition) is 2. The summed E-state index contributed by atoms with van der Waals surface area (Å²) in [7, 11) is 1.93. The first kappa shape index (κ1) is 9.00. The van der Waals surface area contributed by atoms with Gasteiger partial charge in [0, 0.05) is 18.3 Å². The Morgan fingerprint density at radius 2 is 2.50 bits per heavy atom. The zero-order valence-corrected chi connectivity index (χ0v) is 7.67. The van der Waals surface area contributed by atoms with E-state index >= 15 is 0 Å². The Hall–Kier alpha value is -1.09. The average Bonchev–Trinajstić information content (AvgIpc) is 2.36. The first-order valence-electron chi connectivity index (χ1n) is 4.02. The van der Waals surface area contributed by atoms with E-state index in [9.17, 15) is 0 Å². The van der Waals surface area contributed by atoms with Crippen LogP contribution >= 0.6 is 0 Å². The lowest BCUT2D eigenvalue weighted by Gasteiger charge is -1.98. The predicted octanol–water partition coefficient (Wildman–Crippen LogP) is 1.18. The molecule has 0 amide bonds. The van der Waals surface area contributed by atoms with E-state index in [1.165, 1.54) is 5.56 Å². The summed E-state index contributed by atoms with van der Waals surface area (Å²) in [4.78, 5) is 0. The highest BCUT2D eigenvalue weighted by atomic mass is 15.3. The van der Waals surface area contributed by atoms with Crippen molar-refractivity contribution in [1.29, 1.82) is 0 Å². The first-order valence-corrected chi connectivity index (χ1v) is 4.02. The third-order valence-corrected chi connectivity index (χ3v) is 1.50. The molecule has 3 heteroatoms. The molecule has 0 fully saturated rings. The van der Waals surface area contributed by atoms with Crippen LogP contribution in [0.3, 0.4) is 0 Å². The molecule has 66 valence electrons. The molecule has 0 aromatic carbocycles. The van der Waals surface area contributed by atoms with E-state index in [0.29, 0.717) is 0 Å². The summed E-state index contributed by atoms with van der Waals surface area (Å²) in [5.41, 5.74) is 2.33. The minimum atomic E-state index is 0.809. The van der Waals surface area contributed by atoms with Crippen LogP contribution in [0.2, 0.25) is 0 Å². The van der Waals surface area contributed by atoms with E-state index in [1.807, 2.05) is 31.0 Å². The molecule has 3 nitrogen and oxygen atoms in total. The van der Waals surface area contributed by atoms with E-state index in [0.717, 1.165) is 18.7 Å². The van der Waals surface area contributed by atoms with Crippen molar-refractivity contribution in [3.8, 4) is 0 Å². The van der Waals surface area contributed by atoms with Gasteiger partial charge in [0.15, 0.2) is 0 Å². The van der Waals surface area contributed by atoms with Crippen LogP contribution in [0.25, 0.3) is 0 Å². The second kappa shape index (κ2) is 4.07. The van der Waals surface area contributed by atoms with Crippen molar-refractivity contribution in [3.63, 3.8) is 0 Å². The quantitative estimate of drug-likeness (QED) is 0.679. The Kier molecular flexibility index (Phi) is 3.05. The van der Waals surface area contributed by atoms with Crippen LogP contribution < -0.4 is 5.32 Å². The number of aromatic nitrogens is 2. The Labute approximate surface area is 73.1 Å². The molecule has 0 radical (unpaired) electrons. The Morgan fingerprint density at radius 1 is 1.75 bits per heavy atom. The van der Waals surface area contributed by atoms with Gasteiger partial charge in [-0.25, -0.2) is 0 Å². The molecule has 0 unspecified atom stereocenters. The molecule has 1 aromatic heterocycles. The fraction of sp³-hybridized carbons (Fsp3) is 0.444. The molecule has 0 bridgehead atoms. The topological polar surface area (TPSA) is 29.9 Å². The van der Waals surface area contributed by atoms with E-state index in [1.54, 1.807) is 0 Å². The van der Waals surface area contributed by atoms with Gasteiger partial charge in [-0.05, 0) is 14.0 Å². The second-order valence-corrected chi connectivity index (χ2v) is 3.03. The van der Waals surface area contributed by atoms with Crippen molar-refractivity contribution >= 4 is 0 Å². The smallest absolute Gasteiger partial charge is 0.0614 e. The second-order valence-electron chi connectivity index (χ2n) is 3.03. The summed E-state index contributed by atoms with van der Waals surface area (Å²) in [5, 5.41) is 7.27. The summed E-state index contributed by atoms with van der Waals surface area (Å²) in [6.45, 7) is 7.51. The zero-order chi connectivity index (χ0) is 8.97. The number of nitrogens with zero attached hydrogens (tertiary/aromatic N) is 2. The van der Waals surface area contributed by atoms with E-state index in [2.05, 4.69) is 17.0 Å². The van der Waals surface area contributed by atoms with Crippen LogP contribution in [0.4, 0.5) is 0 Å². The maximum atomic E-state index is 4.19. The van der Waals surface area contributed by atoms with Gasteiger partial charge in [0.1, 0.15) is 0 Å². The minimum Gasteiger partial charge on any atom is -0.316 e. The van der Waals surface area contributed by atoms with Gasteiger partial charge in [0.05, 0.1) is 12.7 Å². The standard InChI is InChI=1S/C9H15N3/c1-8(2)6-12-7-9(4-10-3)5-11-12/h5,7,10H,1,4,6H2,2-3H3. The molecule has 0 aliphatic carbocycles. The van der Waals surface area contributed by atoms with Gasteiger partial charge in [-0.15, -0.1) is 0 Å². The number of nitrogens with one attached hydrogen (secondary N) is 1. The van der Waals surface area contributed by atoms with Crippen molar-refractivity contribution in [3.05, 3.63) is 30.1 Å². The van der Waals surface area contributed by atoms with Crippen LogP contribution in [0, 0.1) is 0 Å². The zero-order valence-electron chi connectivity index (χ0n) is 7.67. The Bertz CT molecular complexity index is 262. The molecule has 1 N–H and O–H groups in total. The molecule has 0 saturated carbocycles. The van der Waals surface area contributed by atoms with E-state index in [-0.39, 0.29) is 0 Å².